The molecule has 0 bridgehead atoms. The molecular weight excluding hydrogens is 186 g/mol. The van der Waals surface area contributed by atoms with Crippen molar-refractivity contribution < 1.29 is 5.11 Å². The molecule has 2 aromatic carbocycles. The van der Waals surface area contributed by atoms with Crippen LogP contribution in [-0.4, -0.2) is 5.11 Å². The molecule has 0 aliphatic heterocycles. The lowest BCUT2D eigenvalue weighted by molar-refractivity contribution is 0.474. The number of hydrogen-bond donors (Lipinski definition) is 2. The van der Waals surface area contributed by atoms with Crippen LogP contribution in [0.4, 0.5) is 0 Å². The second kappa shape index (κ2) is 2.84. The summed E-state index contributed by atoms with van der Waals surface area (Å²) in [4.78, 5) is 0. The molecule has 3 N–H and O–H groups in total. The Kier molecular flexibility index (Phi) is 1.61. The van der Waals surface area contributed by atoms with Crippen LogP contribution in [0.2, 0.25) is 0 Å². The first-order valence-electron chi connectivity index (χ1n) is 4.95. The Balaban J connectivity index is 2.32. The van der Waals surface area contributed by atoms with Crippen LogP contribution < -0.4 is 5.73 Å². The smallest absolute Gasteiger partial charge is 0.115 e. The molecule has 2 nitrogen and oxygen atoms in total. The molecule has 3 rings (SSSR count). The molecule has 0 spiro atoms. The molecule has 2 aromatic rings. The van der Waals surface area contributed by atoms with E-state index in [1.165, 1.54) is 5.56 Å². The highest BCUT2D eigenvalue weighted by molar-refractivity contribution is 5.79. The van der Waals surface area contributed by atoms with Crippen LogP contribution in [0.15, 0.2) is 42.5 Å². The van der Waals surface area contributed by atoms with E-state index in [-0.39, 0.29) is 11.8 Å². The highest BCUT2D eigenvalue weighted by atomic mass is 16.3. The normalized spacial score (nSPS) is 17.3. The van der Waals surface area contributed by atoms with Crippen molar-refractivity contribution in [2.75, 3.05) is 0 Å². The molecule has 0 amide bonds. The van der Waals surface area contributed by atoms with Gasteiger partial charge in [0.05, 0.1) is 6.04 Å². The lowest BCUT2D eigenvalue weighted by atomic mass is 10.1. The zero-order valence-electron chi connectivity index (χ0n) is 8.14. The highest BCUT2D eigenvalue weighted by Gasteiger charge is 2.25. The minimum atomic E-state index is -0.108. The highest BCUT2D eigenvalue weighted by Crippen LogP contribution is 2.42. The van der Waals surface area contributed by atoms with Crippen molar-refractivity contribution in [2.45, 2.75) is 6.04 Å². The van der Waals surface area contributed by atoms with Gasteiger partial charge in [0.25, 0.3) is 0 Å². The van der Waals surface area contributed by atoms with E-state index in [0.717, 1.165) is 16.7 Å². The number of hydrogen-bond acceptors (Lipinski definition) is 2. The Bertz CT molecular complexity index is 534. The molecule has 15 heavy (non-hydrogen) atoms. The van der Waals surface area contributed by atoms with Gasteiger partial charge in [-0.25, -0.2) is 0 Å². The summed E-state index contributed by atoms with van der Waals surface area (Å²) < 4.78 is 0. The zero-order chi connectivity index (χ0) is 10.4. The summed E-state index contributed by atoms with van der Waals surface area (Å²) in [7, 11) is 0. The second-order valence-electron chi connectivity index (χ2n) is 3.84. The Morgan fingerprint density at radius 1 is 0.933 bits per heavy atom. The van der Waals surface area contributed by atoms with E-state index in [9.17, 15) is 5.11 Å². The van der Waals surface area contributed by atoms with Crippen molar-refractivity contribution in [1.29, 1.82) is 0 Å². The molecule has 0 aromatic heterocycles. The van der Waals surface area contributed by atoms with E-state index in [1.54, 1.807) is 12.1 Å². The molecule has 0 fully saturated rings. The van der Waals surface area contributed by atoms with Gasteiger partial charge in [-0.15, -0.1) is 0 Å². The monoisotopic (exact) mass is 197 g/mol. The summed E-state index contributed by atoms with van der Waals surface area (Å²) in [5.41, 5.74) is 10.6. The number of benzene rings is 2. The maximum atomic E-state index is 9.44. The number of rotatable bonds is 0. The summed E-state index contributed by atoms with van der Waals surface area (Å²) in [5, 5.41) is 9.44. The molecule has 1 aliphatic rings. The molecule has 0 saturated carbocycles. The number of aromatic hydroxyl groups is 1. The van der Waals surface area contributed by atoms with Gasteiger partial charge in [0.1, 0.15) is 5.75 Å². The zero-order valence-corrected chi connectivity index (χ0v) is 8.14. The Labute approximate surface area is 88.0 Å². The van der Waals surface area contributed by atoms with Crippen molar-refractivity contribution >= 4 is 0 Å². The van der Waals surface area contributed by atoms with Crippen molar-refractivity contribution in [2.24, 2.45) is 5.73 Å². The van der Waals surface area contributed by atoms with Crippen molar-refractivity contribution in [3.63, 3.8) is 0 Å². The minimum absolute atomic E-state index is 0.108. The predicted molar refractivity (Wildman–Crippen MR) is 59.6 cm³/mol. The van der Waals surface area contributed by atoms with Crippen molar-refractivity contribution in [3.05, 3.63) is 53.6 Å². The van der Waals surface area contributed by atoms with E-state index in [2.05, 4.69) is 6.07 Å². The summed E-state index contributed by atoms with van der Waals surface area (Å²) in [5.74, 6) is 0.275. The fourth-order valence-corrected chi connectivity index (χ4v) is 2.23. The van der Waals surface area contributed by atoms with Crippen LogP contribution in [0.5, 0.6) is 5.75 Å². The molecule has 1 aliphatic carbocycles. The largest absolute Gasteiger partial charge is 0.508 e. The van der Waals surface area contributed by atoms with Crippen LogP contribution >= 0.6 is 0 Å². The average molecular weight is 197 g/mol. The maximum Gasteiger partial charge on any atom is 0.115 e. The standard InChI is InChI=1S/C13H11NO/c14-13-11-4-2-1-3-9(11)10-6-5-8(15)7-12(10)13/h1-7,13,15H,14H2. The van der Waals surface area contributed by atoms with Crippen LogP contribution in [0.1, 0.15) is 17.2 Å². The van der Waals surface area contributed by atoms with Gasteiger partial charge in [-0.3, -0.25) is 0 Å². The number of phenols is 1. The molecule has 0 heterocycles. The van der Waals surface area contributed by atoms with E-state index in [4.69, 9.17) is 5.73 Å². The molecule has 74 valence electrons. The topological polar surface area (TPSA) is 46.2 Å². The van der Waals surface area contributed by atoms with E-state index < -0.39 is 0 Å². The second-order valence-corrected chi connectivity index (χ2v) is 3.84. The van der Waals surface area contributed by atoms with E-state index >= 15 is 0 Å². The summed E-state index contributed by atoms with van der Waals surface area (Å²) in [6.45, 7) is 0. The molecule has 1 atom stereocenters. The Morgan fingerprint density at radius 2 is 1.67 bits per heavy atom. The first-order chi connectivity index (χ1) is 7.27. The van der Waals surface area contributed by atoms with Gasteiger partial charge >= 0.3 is 0 Å². The van der Waals surface area contributed by atoms with E-state index in [0.29, 0.717) is 0 Å². The fraction of sp³-hybridized carbons (Fsp3) is 0.0769. The first-order valence-corrected chi connectivity index (χ1v) is 4.95. The van der Waals surface area contributed by atoms with Gasteiger partial charge in [0.2, 0.25) is 0 Å². The molecule has 1 unspecified atom stereocenters. The number of nitrogens with two attached hydrogens (primary N) is 1. The van der Waals surface area contributed by atoms with Gasteiger partial charge in [0.15, 0.2) is 0 Å². The van der Waals surface area contributed by atoms with Gasteiger partial charge in [-0.05, 0) is 34.4 Å². The fourth-order valence-electron chi connectivity index (χ4n) is 2.23. The number of phenolic OH excluding ortho intramolecular Hbond substituents is 1. The third-order valence-corrected chi connectivity index (χ3v) is 2.96. The van der Waals surface area contributed by atoms with Crippen LogP contribution in [0.3, 0.4) is 0 Å². The molecular formula is C13H11NO. The molecule has 0 saturated heterocycles. The van der Waals surface area contributed by atoms with E-state index in [1.807, 2.05) is 24.3 Å². The quantitative estimate of drug-likeness (QED) is 0.681. The molecule has 0 radical (unpaired) electrons. The van der Waals surface area contributed by atoms with Crippen LogP contribution in [-0.2, 0) is 0 Å². The van der Waals surface area contributed by atoms with Crippen molar-refractivity contribution in [1.82, 2.24) is 0 Å². The van der Waals surface area contributed by atoms with Gasteiger partial charge in [-0.2, -0.15) is 0 Å². The number of fused-ring (bicyclic) bond motifs is 3. The average Bonchev–Trinajstić information content (AvgIpc) is 2.54. The van der Waals surface area contributed by atoms with Crippen LogP contribution in [0.25, 0.3) is 11.1 Å². The van der Waals surface area contributed by atoms with Crippen LogP contribution in [0, 0.1) is 0 Å². The van der Waals surface area contributed by atoms with Gasteiger partial charge in [0, 0.05) is 0 Å². The maximum absolute atomic E-state index is 9.44. The summed E-state index contributed by atoms with van der Waals surface area (Å²) in [6.07, 6.45) is 0. The van der Waals surface area contributed by atoms with Crippen molar-refractivity contribution in [3.8, 4) is 16.9 Å². The lowest BCUT2D eigenvalue weighted by Gasteiger charge is -2.05. The predicted octanol–water partition coefficient (Wildman–Crippen LogP) is 2.42. The summed E-state index contributed by atoms with van der Waals surface area (Å²) >= 11 is 0. The SMILES string of the molecule is NC1c2ccccc2-c2ccc(O)cc21. The lowest BCUT2D eigenvalue weighted by Crippen LogP contribution is -2.07. The Hall–Kier alpha value is -1.80. The van der Waals surface area contributed by atoms with Gasteiger partial charge in [-0.1, -0.05) is 30.3 Å². The van der Waals surface area contributed by atoms with Gasteiger partial charge < -0.3 is 10.8 Å². The third-order valence-electron chi connectivity index (χ3n) is 2.96. The Morgan fingerprint density at radius 3 is 2.53 bits per heavy atom. The summed E-state index contributed by atoms with van der Waals surface area (Å²) in [6, 6.07) is 13.4. The third kappa shape index (κ3) is 1.09. The first kappa shape index (κ1) is 8.50. The molecule has 2 heteroatoms. The minimum Gasteiger partial charge on any atom is -0.508 e.